The number of hydrogen-bond donors (Lipinski definition) is 2. The van der Waals surface area contributed by atoms with Crippen LogP contribution >= 0.6 is 0 Å². The summed E-state index contributed by atoms with van der Waals surface area (Å²) in [5, 5.41) is 2.52. The van der Waals surface area contributed by atoms with Crippen LogP contribution in [0.3, 0.4) is 0 Å². The maximum atomic E-state index is 11.5. The van der Waals surface area contributed by atoms with Crippen molar-refractivity contribution in [1.82, 2.24) is 14.9 Å². The van der Waals surface area contributed by atoms with E-state index in [1.54, 1.807) is 20.8 Å². The van der Waals surface area contributed by atoms with Crippen LogP contribution in [0.2, 0.25) is 0 Å². The number of ether oxygens (including phenoxy) is 1. The van der Waals surface area contributed by atoms with Crippen molar-refractivity contribution in [3.63, 3.8) is 0 Å². The van der Waals surface area contributed by atoms with Crippen LogP contribution in [0.5, 0.6) is 0 Å². The Hall–Kier alpha value is -2.05. The number of hydrogen-bond acceptors (Lipinski definition) is 5. The Morgan fingerprint density at radius 3 is 2.72 bits per heavy atom. The molecule has 7 nitrogen and oxygen atoms in total. The van der Waals surface area contributed by atoms with E-state index >= 15 is 0 Å². The quantitative estimate of drug-likeness (QED) is 0.795. The van der Waals surface area contributed by atoms with Gasteiger partial charge in [-0.05, 0) is 20.8 Å². The number of carbonyl (C=O) groups is 1. The maximum absolute atomic E-state index is 11.5. The molecule has 18 heavy (non-hydrogen) atoms. The predicted molar refractivity (Wildman–Crippen MR) is 67.0 cm³/mol. The van der Waals surface area contributed by atoms with Gasteiger partial charge >= 0.3 is 6.09 Å². The topological polar surface area (TPSA) is 99.2 Å². The van der Waals surface area contributed by atoms with Gasteiger partial charge in [-0.3, -0.25) is 9.36 Å². The zero-order valence-corrected chi connectivity index (χ0v) is 11.0. The number of nitrogen functional groups attached to an aromatic ring is 1. The van der Waals surface area contributed by atoms with E-state index in [1.807, 2.05) is 0 Å². The first kappa shape index (κ1) is 14.0. The number of alkyl carbamates (subject to hydrolysis) is 1. The molecule has 0 saturated carbocycles. The lowest BCUT2D eigenvalue weighted by molar-refractivity contribution is 0.0521. The number of aromatic nitrogens is 2. The highest BCUT2D eigenvalue weighted by atomic mass is 16.6. The van der Waals surface area contributed by atoms with Gasteiger partial charge < -0.3 is 15.8 Å². The van der Waals surface area contributed by atoms with Crippen LogP contribution in [-0.4, -0.2) is 21.2 Å². The minimum Gasteiger partial charge on any atom is -0.444 e. The first-order valence-electron chi connectivity index (χ1n) is 5.48. The molecule has 0 radical (unpaired) electrons. The van der Waals surface area contributed by atoms with Crippen LogP contribution in [0, 0.1) is 0 Å². The molecular weight excluding hydrogens is 236 g/mol. The normalized spacial score (nSPS) is 11.1. The number of nitrogens with one attached hydrogen (secondary N) is 1. The zero-order valence-electron chi connectivity index (χ0n) is 11.0. The van der Waals surface area contributed by atoms with Gasteiger partial charge in [0.2, 0.25) is 0 Å². The van der Waals surface area contributed by atoms with Crippen molar-refractivity contribution in [3.05, 3.63) is 22.4 Å². The first-order valence-corrected chi connectivity index (χ1v) is 5.48. The number of amides is 1. The lowest BCUT2D eigenvalue weighted by atomic mass is 10.2. The molecule has 0 fully saturated rings. The average molecular weight is 254 g/mol. The summed E-state index contributed by atoms with van der Waals surface area (Å²) in [6.07, 6.45) is 0.711. The molecule has 1 aromatic heterocycles. The minimum absolute atomic E-state index is 0.0681. The van der Waals surface area contributed by atoms with Gasteiger partial charge in [0.05, 0.1) is 12.7 Å². The van der Waals surface area contributed by atoms with Crippen LogP contribution in [0.4, 0.5) is 10.5 Å². The molecule has 0 saturated heterocycles. The summed E-state index contributed by atoms with van der Waals surface area (Å²) in [6, 6.07) is 0. The first-order chi connectivity index (χ1) is 8.20. The molecule has 100 valence electrons. The van der Waals surface area contributed by atoms with Crippen LogP contribution in [0.15, 0.2) is 11.0 Å². The van der Waals surface area contributed by atoms with E-state index in [9.17, 15) is 9.59 Å². The van der Waals surface area contributed by atoms with Crippen LogP contribution in [0.25, 0.3) is 0 Å². The second-order valence-corrected chi connectivity index (χ2v) is 4.85. The van der Waals surface area contributed by atoms with Gasteiger partial charge in [-0.15, -0.1) is 0 Å². The van der Waals surface area contributed by atoms with Crippen LogP contribution in [-0.2, 0) is 18.3 Å². The highest BCUT2D eigenvalue weighted by Crippen LogP contribution is 2.06. The Kier molecular flexibility index (Phi) is 3.95. The van der Waals surface area contributed by atoms with E-state index < -0.39 is 11.7 Å². The van der Waals surface area contributed by atoms with E-state index in [0.717, 1.165) is 0 Å². The standard InChI is InChI=1S/C11H18N4O3/c1-11(2,3)18-10(17)14-6-8-13-5-7(12)9(16)15(8)4/h5H,6,12H2,1-4H3,(H,14,17). The van der Waals surface area contributed by atoms with Crippen molar-refractivity contribution < 1.29 is 9.53 Å². The van der Waals surface area contributed by atoms with Crippen molar-refractivity contribution >= 4 is 11.8 Å². The molecule has 0 atom stereocenters. The molecule has 3 N–H and O–H groups in total. The fraction of sp³-hybridized carbons (Fsp3) is 0.545. The molecule has 0 aliphatic rings. The molecular formula is C11H18N4O3. The smallest absolute Gasteiger partial charge is 0.408 e. The number of anilines is 1. The Bertz CT molecular complexity index is 502. The SMILES string of the molecule is Cn1c(CNC(=O)OC(C)(C)C)ncc(N)c1=O. The summed E-state index contributed by atoms with van der Waals surface area (Å²) in [4.78, 5) is 26.9. The number of nitrogens with two attached hydrogens (primary N) is 1. The third kappa shape index (κ3) is 3.76. The molecule has 0 spiro atoms. The number of nitrogens with zero attached hydrogens (tertiary/aromatic N) is 2. The lowest BCUT2D eigenvalue weighted by Gasteiger charge is -2.19. The summed E-state index contributed by atoms with van der Waals surface area (Å²) >= 11 is 0. The lowest BCUT2D eigenvalue weighted by Crippen LogP contribution is -2.34. The fourth-order valence-corrected chi connectivity index (χ4v) is 1.23. The summed E-state index contributed by atoms with van der Waals surface area (Å²) < 4.78 is 6.35. The largest absolute Gasteiger partial charge is 0.444 e. The Morgan fingerprint density at radius 2 is 2.17 bits per heavy atom. The molecule has 1 amide bonds. The third-order valence-electron chi connectivity index (χ3n) is 2.08. The van der Waals surface area contributed by atoms with Crippen molar-refractivity contribution in [2.75, 3.05) is 5.73 Å². The highest BCUT2D eigenvalue weighted by Gasteiger charge is 2.16. The fourth-order valence-electron chi connectivity index (χ4n) is 1.23. The predicted octanol–water partition coefficient (Wildman–Crippen LogP) is 0.387. The van der Waals surface area contributed by atoms with Crippen LogP contribution in [0.1, 0.15) is 26.6 Å². The third-order valence-corrected chi connectivity index (χ3v) is 2.08. The molecule has 1 aromatic rings. The number of carbonyl (C=O) groups excluding carboxylic acids is 1. The van der Waals surface area contributed by atoms with Gasteiger partial charge in [-0.25, -0.2) is 9.78 Å². The van der Waals surface area contributed by atoms with Crippen molar-refractivity contribution in [2.45, 2.75) is 32.9 Å². The summed E-state index contributed by atoms with van der Waals surface area (Å²) in [5.41, 5.74) is 4.58. The second-order valence-electron chi connectivity index (χ2n) is 4.85. The highest BCUT2D eigenvalue weighted by molar-refractivity contribution is 5.67. The minimum atomic E-state index is -0.565. The van der Waals surface area contributed by atoms with E-state index in [4.69, 9.17) is 10.5 Å². The monoisotopic (exact) mass is 254 g/mol. The molecule has 0 aliphatic heterocycles. The molecule has 7 heteroatoms. The van der Waals surface area contributed by atoms with E-state index in [1.165, 1.54) is 17.8 Å². The molecule has 0 unspecified atom stereocenters. The Balaban J connectivity index is 2.68. The Morgan fingerprint density at radius 1 is 1.56 bits per heavy atom. The molecule has 1 rings (SSSR count). The second kappa shape index (κ2) is 5.07. The Labute approximate surface area is 105 Å². The maximum Gasteiger partial charge on any atom is 0.408 e. The summed E-state index contributed by atoms with van der Waals surface area (Å²) in [5.74, 6) is 0.403. The van der Waals surface area contributed by atoms with Gasteiger partial charge in [-0.1, -0.05) is 0 Å². The molecule has 0 bridgehead atoms. The van der Waals surface area contributed by atoms with Gasteiger partial charge in [0, 0.05) is 7.05 Å². The molecule has 0 aromatic carbocycles. The van der Waals surface area contributed by atoms with Gasteiger partial charge in [-0.2, -0.15) is 0 Å². The van der Waals surface area contributed by atoms with E-state index in [0.29, 0.717) is 5.82 Å². The zero-order chi connectivity index (χ0) is 13.9. The van der Waals surface area contributed by atoms with E-state index in [2.05, 4.69) is 10.3 Å². The average Bonchev–Trinajstić information content (AvgIpc) is 2.22. The van der Waals surface area contributed by atoms with E-state index in [-0.39, 0.29) is 17.8 Å². The van der Waals surface area contributed by atoms with Gasteiger partial charge in [0.15, 0.2) is 0 Å². The number of rotatable bonds is 2. The molecule has 1 heterocycles. The molecule has 0 aliphatic carbocycles. The van der Waals surface area contributed by atoms with Crippen molar-refractivity contribution in [3.8, 4) is 0 Å². The van der Waals surface area contributed by atoms with Crippen molar-refractivity contribution in [2.24, 2.45) is 7.05 Å². The van der Waals surface area contributed by atoms with Gasteiger partial charge in [0.1, 0.15) is 17.1 Å². The summed E-state index contributed by atoms with van der Waals surface area (Å²) in [7, 11) is 1.54. The van der Waals surface area contributed by atoms with Gasteiger partial charge in [0.25, 0.3) is 5.56 Å². The van der Waals surface area contributed by atoms with Crippen molar-refractivity contribution in [1.29, 1.82) is 0 Å². The summed E-state index contributed by atoms with van der Waals surface area (Å²) in [6.45, 7) is 5.40. The van der Waals surface area contributed by atoms with Crippen LogP contribution < -0.4 is 16.6 Å².